The molecule has 0 nitrogen and oxygen atoms in total. The predicted molar refractivity (Wildman–Crippen MR) is 17.3 cm³/mol. The summed E-state index contributed by atoms with van der Waals surface area (Å²) >= 11 is 0. The van der Waals surface area contributed by atoms with Crippen LogP contribution in [0, 0.1) is 0 Å². The Morgan fingerprint density at radius 2 is 0.500 bits per heavy atom. The topological polar surface area (TPSA) is 0 Å². The minimum Gasteiger partial charge on any atom is -2.00 e. The maximum absolute atomic E-state index is 0. The van der Waals surface area contributed by atoms with Gasteiger partial charge >= 0.3 is 26.2 Å². The van der Waals surface area contributed by atoms with E-state index in [2.05, 4.69) is 0 Å². The summed E-state index contributed by atoms with van der Waals surface area (Å²) in [6.07, 6.45) is 0. The van der Waals surface area contributed by atoms with Gasteiger partial charge in [-0.3, -0.25) is 0 Å². The van der Waals surface area contributed by atoms with Gasteiger partial charge in [-0.05, 0) is 0 Å². The van der Waals surface area contributed by atoms with Crippen molar-refractivity contribution in [3.63, 3.8) is 0 Å². The fourth-order valence-electron chi connectivity index (χ4n) is 0. The van der Waals surface area contributed by atoms with E-state index in [-0.39, 0.29) is 77.4 Å². The first-order valence-corrected chi connectivity index (χ1v) is 0. The number of hydrogen-bond donors (Lipinski definition) is 0. The molecule has 0 heterocycles. The summed E-state index contributed by atoms with van der Waals surface area (Å²) in [6.45, 7) is 0. The summed E-state index contributed by atoms with van der Waals surface area (Å²) in [7, 11) is 0. The predicted octanol–water partition coefficient (Wildman–Crippen LogP) is -1.14. The van der Waals surface area contributed by atoms with Crippen molar-refractivity contribution in [3.05, 3.63) is 0 Å². The summed E-state index contributed by atoms with van der Waals surface area (Å²) in [5, 5.41) is 0. The van der Waals surface area contributed by atoms with Crippen LogP contribution in [0.3, 0.4) is 0 Å². The molecule has 0 atom stereocenters. The average Bonchev–Trinajstić information content (AvgIpc) is 0. The van der Waals surface area contributed by atoms with Crippen LogP contribution in [0.5, 0.6) is 0 Å². The smallest absolute Gasteiger partial charge is 2.00 e. The second-order valence-corrected chi connectivity index (χ2v) is 0. The third kappa shape index (κ3) is 8.82. The van der Waals surface area contributed by atoms with Gasteiger partial charge in [0.25, 0.3) is 0 Å². The van der Waals surface area contributed by atoms with Crippen molar-refractivity contribution in [3.8, 4) is 0 Å². The molecule has 0 aliphatic rings. The molecule has 0 aromatic carbocycles. The first-order chi connectivity index (χ1) is 0. The van der Waals surface area contributed by atoms with E-state index < -0.39 is 0 Å². The Bertz CT molecular complexity index is 3.25. The molecule has 24 valence electrons. The van der Waals surface area contributed by atoms with Gasteiger partial charge in [0, 0.05) is 0 Å². The Kier molecular flexibility index (Phi) is 144. The van der Waals surface area contributed by atoms with Gasteiger partial charge in [-0.2, -0.15) is 0 Å². The van der Waals surface area contributed by atoms with Crippen LogP contribution in [0.2, 0.25) is 0 Å². The molecule has 0 spiro atoms. The SMILES string of the molecule is [Se-2].[Se-2].[Se-2].[Zr+4]. The van der Waals surface area contributed by atoms with E-state index in [0.717, 1.165) is 0 Å². The summed E-state index contributed by atoms with van der Waals surface area (Å²) < 4.78 is 0. The van der Waals surface area contributed by atoms with Crippen LogP contribution in [0.15, 0.2) is 0 Å². The van der Waals surface area contributed by atoms with Crippen LogP contribution in [0.4, 0.5) is 0 Å². The Balaban J connectivity index is 0. The third-order valence-electron chi connectivity index (χ3n) is 0. The Morgan fingerprint density at radius 3 is 0.500 bits per heavy atom. The van der Waals surface area contributed by atoms with Crippen LogP contribution in [0.1, 0.15) is 0 Å². The van der Waals surface area contributed by atoms with Crippen LogP contribution < -0.4 is 0 Å². The molecule has 0 N–H and O–H groups in total. The molecular formula is Se3Zr-2. The number of hydrogen-bond acceptors (Lipinski definition) is 0. The van der Waals surface area contributed by atoms with E-state index in [1.54, 1.807) is 0 Å². The zero-order chi connectivity index (χ0) is 0. The molecule has 4 heteroatoms. The van der Waals surface area contributed by atoms with E-state index in [9.17, 15) is 0 Å². The first kappa shape index (κ1) is 32.0. The average molecular weight is 328 g/mol. The fraction of sp³-hybridized carbons (Fsp3) is 0. The minimum atomic E-state index is 0. The molecule has 0 aliphatic carbocycles. The van der Waals surface area contributed by atoms with Crippen molar-refractivity contribution < 1.29 is 26.2 Å². The van der Waals surface area contributed by atoms with Crippen molar-refractivity contribution in [2.24, 2.45) is 0 Å². The van der Waals surface area contributed by atoms with Gasteiger partial charge in [-0.1, -0.05) is 0 Å². The van der Waals surface area contributed by atoms with Crippen molar-refractivity contribution in [2.45, 2.75) is 0 Å². The molecule has 0 saturated carbocycles. The molecule has 0 aromatic heterocycles. The van der Waals surface area contributed by atoms with Crippen LogP contribution >= 0.6 is 0 Å². The molecule has 0 fully saturated rings. The summed E-state index contributed by atoms with van der Waals surface area (Å²) in [5.74, 6) is 0. The Hall–Kier alpha value is 2.44. The van der Waals surface area contributed by atoms with Crippen molar-refractivity contribution >= 4 is 51.2 Å². The zero-order valence-corrected chi connectivity index (χ0v) is 9.32. The molecule has 0 rings (SSSR count). The Morgan fingerprint density at radius 1 is 0.500 bits per heavy atom. The van der Waals surface area contributed by atoms with E-state index in [1.165, 1.54) is 0 Å². The van der Waals surface area contributed by atoms with Crippen LogP contribution in [0.25, 0.3) is 0 Å². The largest absolute Gasteiger partial charge is 4.00 e. The van der Waals surface area contributed by atoms with Crippen molar-refractivity contribution in [1.82, 2.24) is 0 Å². The van der Waals surface area contributed by atoms with Crippen LogP contribution in [-0.2, 0) is 26.2 Å². The normalized spacial score (nSPS) is 0. The monoisotopic (exact) mass is 330 g/mol. The van der Waals surface area contributed by atoms with E-state index >= 15 is 0 Å². The van der Waals surface area contributed by atoms with E-state index in [4.69, 9.17) is 0 Å². The van der Waals surface area contributed by atoms with Gasteiger partial charge < -0.3 is 51.2 Å². The minimum absolute atomic E-state index is 0. The molecular weight excluding hydrogens is 328 g/mol. The maximum atomic E-state index is 0. The fourth-order valence-corrected chi connectivity index (χ4v) is 0. The quantitative estimate of drug-likeness (QED) is 0.493. The maximum Gasteiger partial charge on any atom is 4.00 e. The number of rotatable bonds is 0. The van der Waals surface area contributed by atoms with Crippen molar-refractivity contribution in [2.75, 3.05) is 0 Å². The standard InChI is InChI=1S/3Se.Zr/q3*-2;+4. The third-order valence-corrected chi connectivity index (χ3v) is 0. The molecule has 0 amide bonds. The second kappa shape index (κ2) is 18.0. The van der Waals surface area contributed by atoms with Gasteiger partial charge in [0.15, 0.2) is 0 Å². The molecule has 0 saturated heterocycles. The molecule has 0 aromatic rings. The molecule has 0 radical (unpaired) electrons. The van der Waals surface area contributed by atoms with Gasteiger partial charge in [0.05, 0.1) is 0 Å². The summed E-state index contributed by atoms with van der Waals surface area (Å²) in [5.41, 5.74) is 0. The summed E-state index contributed by atoms with van der Waals surface area (Å²) in [6, 6.07) is 0. The van der Waals surface area contributed by atoms with Gasteiger partial charge in [0.2, 0.25) is 0 Å². The van der Waals surface area contributed by atoms with E-state index in [1.807, 2.05) is 0 Å². The zero-order valence-electron chi connectivity index (χ0n) is 1.72. The van der Waals surface area contributed by atoms with Gasteiger partial charge in [-0.25, -0.2) is 0 Å². The van der Waals surface area contributed by atoms with Gasteiger partial charge in [0.1, 0.15) is 0 Å². The van der Waals surface area contributed by atoms with Gasteiger partial charge in [-0.15, -0.1) is 0 Å². The molecule has 0 bridgehead atoms. The first-order valence-electron chi connectivity index (χ1n) is 0. The molecule has 0 unspecified atom stereocenters. The molecule has 0 aliphatic heterocycles. The van der Waals surface area contributed by atoms with E-state index in [0.29, 0.717) is 0 Å². The van der Waals surface area contributed by atoms with Crippen molar-refractivity contribution in [1.29, 1.82) is 0 Å². The summed E-state index contributed by atoms with van der Waals surface area (Å²) in [4.78, 5) is 0. The second-order valence-electron chi connectivity index (χ2n) is 0. The van der Waals surface area contributed by atoms with Crippen LogP contribution in [-0.4, -0.2) is 51.2 Å². The molecule has 4 heavy (non-hydrogen) atoms. The Labute approximate surface area is 76.4 Å².